The van der Waals surface area contributed by atoms with Gasteiger partial charge >= 0.3 is 0 Å². The van der Waals surface area contributed by atoms with Crippen LogP contribution < -0.4 is 5.73 Å². The molecule has 1 aliphatic rings. The first-order chi connectivity index (χ1) is 5.33. The Hall–Kier alpha value is -0.0100. The molecule has 0 heterocycles. The van der Waals surface area contributed by atoms with E-state index in [1.165, 1.54) is 25.7 Å². The fourth-order valence-electron chi connectivity index (χ4n) is 1.67. The van der Waals surface area contributed by atoms with Crippen LogP contribution in [0.3, 0.4) is 0 Å². The number of nitrogens with two attached hydrogens (primary N) is 1. The summed E-state index contributed by atoms with van der Waals surface area (Å²) in [6, 6.07) is 0.437. The maximum atomic E-state index is 5.88. The molecule has 2 heteroatoms. The Balaban J connectivity index is 0.00000121. The van der Waals surface area contributed by atoms with E-state index in [9.17, 15) is 0 Å². The molecule has 0 amide bonds. The van der Waals surface area contributed by atoms with E-state index in [0.717, 1.165) is 12.3 Å². The summed E-state index contributed by atoms with van der Waals surface area (Å²) in [5.74, 6) is 0.870. The van der Waals surface area contributed by atoms with Crippen molar-refractivity contribution in [2.24, 2.45) is 11.7 Å². The molecule has 0 aromatic rings. The third-order valence-corrected chi connectivity index (χ3v) is 2.54. The fourth-order valence-corrected chi connectivity index (χ4v) is 1.67. The van der Waals surface area contributed by atoms with Crippen LogP contribution in [-0.4, -0.2) is 6.04 Å². The van der Waals surface area contributed by atoms with Crippen molar-refractivity contribution in [3.05, 3.63) is 12.2 Å². The van der Waals surface area contributed by atoms with Crippen molar-refractivity contribution in [1.82, 2.24) is 0 Å². The van der Waals surface area contributed by atoms with Crippen LogP contribution >= 0.6 is 12.4 Å². The van der Waals surface area contributed by atoms with Crippen LogP contribution in [0.15, 0.2) is 12.2 Å². The maximum Gasteiger partial charge on any atom is 0.00389 e. The first-order valence-corrected chi connectivity index (χ1v) is 4.73. The highest BCUT2D eigenvalue weighted by molar-refractivity contribution is 5.85. The first-order valence-electron chi connectivity index (χ1n) is 4.73. The summed E-state index contributed by atoms with van der Waals surface area (Å²) in [7, 11) is 0. The Bertz CT molecular complexity index is 134. The SMILES string of the molecule is CCC(N)CC1CC=CCC1.Cl. The van der Waals surface area contributed by atoms with E-state index in [1.807, 2.05) is 0 Å². The molecule has 0 bridgehead atoms. The minimum Gasteiger partial charge on any atom is -0.328 e. The van der Waals surface area contributed by atoms with Crippen LogP contribution in [0.25, 0.3) is 0 Å². The Morgan fingerprint density at radius 2 is 2.25 bits per heavy atom. The molecule has 1 aliphatic carbocycles. The Morgan fingerprint density at radius 3 is 2.75 bits per heavy atom. The number of halogens is 1. The van der Waals surface area contributed by atoms with E-state index in [1.54, 1.807) is 0 Å². The zero-order valence-electron chi connectivity index (χ0n) is 7.83. The molecule has 0 fully saturated rings. The third-order valence-electron chi connectivity index (χ3n) is 2.54. The average Bonchev–Trinajstić information content (AvgIpc) is 2.06. The number of allylic oxidation sites excluding steroid dienone is 2. The minimum absolute atomic E-state index is 0. The average molecular weight is 190 g/mol. The van der Waals surface area contributed by atoms with Gasteiger partial charge in [0.2, 0.25) is 0 Å². The van der Waals surface area contributed by atoms with E-state index >= 15 is 0 Å². The van der Waals surface area contributed by atoms with Crippen molar-refractivity contribution >= 4 is 12.4 Å². The molecular weight excluding hydrogens is 170 g/mol. The van der Waals surface area contributed by atoms with Crippen molar-refractivity contribution in [2.75, 3.05) is 0 Å². The van der Waals surface area contributed by atoms with E-state index in [-0.39, 0.29) is 12.4 Å². The van der Waals surface area contributed by atoms with Gasteiger partial charge in [0.05, 0.1) is 0 Å². The van der Waals surface area contributed by atoms with E-state index in [4.69, 9.17) is 5.73 Å². The van der Waals surface area contributed by atoms with Gasteiger partial charge in [-0.3, -0.25) is 0 Å². The fraction of sp³-hybridized carbons (Fsp3) is 0.800. The predicted octanol–water partition coefficient (Wildman–Crippen LogP) is 2.89. The molecule has 0 aromatic heterocycles. The lowest BCUT2D eigenvalue weighted by molar-refractivity contribution is 0.397. The van der Waals surface area contributed by atoms with E-state index in [2.05, 4.69) is 19.1 Å². The summed E-state index contributed by atoms with van der Waals surface area (Å²) >= 11 is 0. The molecule has 2 atom stereocenters. The zero-order valence-corrected chi connectivity index (χ0v) is 8.65. The van der Waals surface area contributed by atoms with Gasteiger partial charge in [-0.05, 0) is 38.0 Å². The quantitative estimate of drug-likeness (QED) is 0.679. The molecule has 0 radical (unpaired) electrons. The first kappa shape index (κ1) is 12.0. The van der Waals surface area contributed by atoms with Crippen LogP contribution in [0.1, 0.15) is 39.0 Å². The third kappa shape index (κ3) is 4.13. The summed E-state index contributed by atoms with van der Waals surface area (Å²) in [6.45, 7) is 2.17. The zero-order chi connectivity index (χ0) is 8.10. The van der Waals surface area contributed by atoms with Gasteiger partial charge in [0, 0.05) is 6.04 Å². The summed E-state index contributed by atoms with van der Waals surface area (Å²) in [4.78, 5) is 0. The van der Waals surface area contributed by atoms with Crippen molar-refractivity contribution in [2.45, 2.75) is 45.1 Å². The van der Waals surface area contributed by atoms with Crippen LogP contribution in [-0.2, 0) is 0 Å². The Labute approximate surface area is 81.8 Å². The second kappa shape index (κ2) is 6.50. The molecule has 72 valence electrons. The molecule has 0 saturated carbocycles. The van der Waals surface area contributed by atoms with Gasteiger partial charge in [0.15, 0.2) is 0 Å². The topological polar surface area (TPSA) is 26.0 Å². The Kier molecular flexibility index (Phi) is 6.49. The van der Waals surface area contributed by atoms with Gasteiger partial charge < -0.3 is 5.73 Å². The van der Waals surface area contributed by atoms with Crippen molar-refractivity contribution in [1.29, 1.82) is 0 Å². The van der Waals surface area contributed by atoms with E-state index in [0.29, 0.717) is 6.04 Å². The largest absolute Gasteiger partial charge is 0.328 e. The molecule has 1 nitrogen and oxygen atoms in total. The van der Waals surface area contributed by atoms with Crippen LogP contribution in [0.2, 0.25) is 0 Å². The molecule has 2 unspecified atom stereocenters. The summed E-state index contributed by atoms with van der Waals surface area (Å²) < 4.78 is 0. The van der Waals surface area contributed by atoms with Crippen LogP contribution in [0.4, 0.5) is 0 Å². The number of rotatable bonds is 3. The second-order valence-electron chi connectivity index (χ2n) is 3.55. The van der Waals surface area contributed by atoms with E-state index < -0.39 is 0 Å². The molecule has 12 heavy (non-hydrogen) atoms. The van der Waals surface area contributed by atoms with Gasteiger partial charge in [0.25, 0.3) is 0 Å². The van der Waals surface area contributed by atoms with Gasteiger partial charge in [-0.1, -0.05) is 19.1 Å². The molecule has 0 aromatic carbocycles. The highest BCUT2D eigenvalue weighted by Gasteiger charge is 2.12. The van der Waals surface area contributed by atoms with Crippen molar-refractivity contribution < 1.29 is 0 Å². The monoisotopic (exact) mass is 189 g/mol. The second-order valence-corrected chi connectivity index (χ2v) is 3.55. The standard InChI is InChI=1S/C10H19N.ClH/c1-2-10(11)8-9-6-4-3-5-7-9;/h3-4,9-10H,2,5-8,11H2,1H3;1H. The lowest BCUT2D eigenvalue weighted by Crippen LogP contribution is -2.22. The van der Waals surface area contributed by atoms with Gasteiger partial charge in [0.1, 0.15) is 0 Å². The summed E-state index contributed by atoms with van der Waals surface area (Å²) in [6.07, 6.45) is 10.8. The van der Waals surface area contributed by atoms with Crippen molar-refractivity contribution in [3.8, 4) is 0 Å². The molecule has 0 spiro atoms. The van der Waals surface area contributed by atoms with Gasteiger partial charge in [-0.25, -0.2) is 0 Å². The molecule has 2 N–H and O–H groups in total. The minimum atomic E-state index is 0. The van der Waals surface area contributed by atoms with Gasteiger partial charge in [-0.15, -0.1) is 12.4 Å². The van der Waals surface area contributed by atoms with Crippen LogP contribution in [0, 0.1) is 5.92 Å². The normalized spacial score (nSPS) is 24.7. The summed E-state index contributed by atoms with van der Waals surface area (Å²) in [5, 5.41) is 0. The smallest absolute Gasteiger partial charge is 0.00389 e. The van der Waals surface area contributed by atoms with Gasteiger partial charge in [-0.2, -0.15) is 0 Å². The predicted molar refractivity (Wildman–Crippen MR) is 56.6 cm³/mol. The van der Waals surface area contributed by atoms with Crippen molar-refractivity contribution in [3.63, 3.8) is 0 Å². The Morgan fingerprint density at radius 1 is 1.50 bits per heavy atom. The molecule has 1 rings (SSSR count). The molecular formula is C10H20ClN. The highest BCUT2D eigenvalue weighted by Crippen LogP contribution is 2.22. The summed E-state index contributed by atoms with van der Waals surface area (Å²) in [5.41, 5.74) is 5.88. The lowest BCUT2D eigenvalue weighted by Gasteiger charge is -2.20. The maximum absolute atomic E-state index is 5.88. The van der Waals surface area contributed by atoms with Crippen LogP contribution in [0.5, 0.6) is 0 Å². The molecule has 0 aliphatic heterocycles. The number of hydrogen-bond donors (Lipinski definition) is 1. The highest BCUT2D eigenvalue weighted by atomic mass is 35.5. The number of hydrogen-bond acceptors (Lipinski definition) is 1. The molecule has 0 saturated heterocycles. The lowest BCUT2D eigenvalue weighted by atomic mass is 9.88.